The number of nitrogens with zero attached hydrogens (tertiary/aromatic N) is 2. The molecule has 2 rings (SSSR count). The zero-order valence-electron chi connectivity index (χ0n) is 8.35. The first-order valence-corrected chi connectivity index (χ1v) is 5.25. The molecular formula is C11H16N2O. The molecule has 0 radical (unpaired) electrons. The van der Waals surface area contributed by atoms with Gasteiger partial charge in [-0.05, 0) is 25.0 Å². The molecule has 1 aliphatic heterocycles. The molecule has 14 heavy (non-hydrogen) atoms. The highest BCUT2D eigenvalue weighted by Crippen LogP contribution is 2.09. The Morgan fingerprint density at radius 2 is 2.00 bits per heavy atom. The molecule has 1 aromatic rings. The summed E-state index contributed by atoms with van der Waals surface area (Å²) in [5.41, 5.74) is 0. The number of hydrogen-bond donors (Lipinski definition) is 0. The standard InChI is InChI=1S/C11H16N2O/c14-11-5-3-9-13(11)10-4-8-12-6-1-2-7-12/h1-2,6-7H,3-5,8-10H2. The van der Waals surface area contributed by atoms with Gasteiger partial charge < -0.3 is 9.47 Å². The Bertz CT molecular complexity index is 292. The minimum atomic E-state index is 0.331. The van der Waals surface area contributed by atoms with Gasteiger partial charge in [-0.3, -0.25) is 4.79 Å². The number of carbonyl (C=O) groups is 1. The summed E-state index contributed by atoms with van der Waals surface area (Å²) >= 11 is 0. The quantitative estimate of drug-likeness (QED) is 0.709. The lowest BCUT2D eigenvalue weighted by atomic mass is 10.4. The van der Waals surface area contributed by atoms with Crippen molar-refractivity contribution in [3.05, 3.63) is 24.5 Å². The Kier molecular flexibility index (Phi) is 2.87. The van der Waals surface area contributed by atoms with E-state index in [1.807, 2.05) is 17.0 Å². The number of aromatic nitrogens is 1. The number of amides is 1. The highest BCUT2D eigenvalue weighted by atomic mass is 16.2. The van der Waals surface area contributed by atoms with Gasteiger partial charge in [0, 0.05) is 38.4 Å². The first kappa shape index (κ1) is 9.31. The summed E-state index contributed by atoms with van der Waals surface area (Å²) in [4.78, 5) is 13.3. The molecule has 1 fully saturated rings. The van der Waals surface area contributed by atoms with Crippen molar-refractivity contribution in [1.29, 1.82) is 0 Å². The van der Waals surface area contributed by atoms with Crippen LogP contribution in [0.2, 0.25) is 0 Å². The highest BCUT2D eigenvalue weighted by molar-refractivity contribution is 5.77. The van der Waals surface area contributed by atoms with Gasteiger partial charge in [-0.1, -0.05) is 0 Å². The minimum Gasteiger partial charge on any atom is -0.354 e. The Morgan fingerprint density at radius 3 is 2.64 bits per heavy atom. The van der Waals surface area contributed by atoms with Crippen LogP contribution in [0.1, 0.15) is 19.3 Å². The van der Waals surface area contributed by atoms with Crippen molar-refractivity contribution in [2.24, 2.45) is 0 Å². The molecule has 0 unspecified atom stereocenters. The van der Waals surface area contributed by atoms with Crippen molar-refractivity contribution in [1.82, 2.24) is 9.47 Å². The molecule has 1 saturated heterocycles. The van der Waals surface area contributed by atoms with E-state index >= 15 is 0 Å². The van der Waals surface area contributed by atoms with E-state index in [0.717, 1.165) is 38.9 Å². The van der Waals surface area contributed by atoms with Gasteiger partial charge in [-0.2, -0.15) is 0 Å². The Balaban J connectivity index is 1.70. The molecule has 1 amide bonds. The van der Waals surface area contributed by atoms with Gasteiger partial charge in [0.15, 0.2) is 0 Å². The fourth-order valence-corrected chi connectivity index (χ4v) is 1.90. The number of aryl methyl sites for hydroxylation is 1. The molecule has 0 aliphatic carbocycles. The lowest BCUT2D eigenvalue weighted by molar-refractivity contribution is -0.127. The van der Waals surface area contributed by atoms with Crippen LogP contribution in [0, 0.1) is 0 Å². The van der Waals surface area contributed by atoms with E-state index in [1.54, 1.807) is 0 Å². The summed E-state index contributed by atoms with van der Waals surface area (Å²) in [7, 11) is 0. The number of rotatable bonds is 4. The minimum absolute atomic E-state index is 0.331. The van der Waals surface area contributed by atoms with Crippen LogP contribution in [0.25, 0.3) is 0 Å². The molecule has 2 heterocycles. The molecule has 0 spiro atoms. The monoisotopic (exact) mass is 192 g/mol. The van der Waals surface area contributed by atoms with E-state index < -0.39 is 0 Å². The third kappa shape index (κ3) is 2.16. The third-order valence-corrected chi connectivity index (χ3v) is 2.68. The van der Waals surface area contributed by atoms with Crippen LogP contribution in [-0.4, -0.2) is 28.5 Å². The third-order valence-electron chi connectivity index (χ3n) is 2.68. The van der Waals surface area contributed by atoms with Gasteiger partial charge in [0.25, 0.3) is 0 Å². The predicted octanol–water partition coefficient (Wildman–Crippen LogP) is 1.50. The number of likely N-dealkylation sites (tertiary alicyclic amines) is 1. The van der Waals surface area contributed by atoms with Gasteiger partial charge in [0.05, 0.1) is 0 Å². The second-order valence-corrected chi connectivity index (χ2v) is 3.76. The number of carbonyl (C=O) groups excluding carboxylic acids is 1. The zero-order chi connectivity index (χ0) is 9.80. The van der Waals surface area contributed by atoms with E-state index in [4.69, 9.17) is 0 Å². The summed E-state index contributed by atoms with van der Waals surface area (Å²) in [5.74, 6) is 0.331. The van der Waals surface area contributed by atoms with Crippen LogP contribution in [-0.2, 0) is 11.3 Å². The maximum Gasteiger partial charge on any atom is 0.222 e. The molecule has 1 aromatic heterocycles. The maximum absolute atomic E-state index is 11.3. The summed E-state index contributed by atoms with van der Waals surface area (Å²) in [6.45, 7) is 2.89. The van der Waals surface area contributed by atoms with Crippen molar-refractivity contribution in [2.45, 2.75) is 25.8 Å². The first-order chi connectivity index (χ1) is 6.86. The van der Waals surface area contributed by atoms with Crippen molar-refractivity contribution < 1.29 is 4.79 Å². The van der Waals surface area contributed by atoms with Gasteiger partial charge in [-0.15, -0.1) is 0 Å². The fourth-order valence-electron chi connectivity index (χ4n) is 1.90. The van der Waals surface area contributed by atoms with E-state index in [9.17, 15) is 4.79 Å². The summed E-state index contributed by atoms with van der Waals surface area (Å²) < 4.78 is 2.15. The molecule has 0 bridgehead atoms. The SMILES string of the molecule is O=C1CCCN1CCCn1cccc1. The average Bonchev–Trinajstić information content (AvgIpc) is 2.78. The smallest absolute Gasteiger partial charge is 0.222 e. The largest absolute Gasteiger partial charge is 0.354 e. The van der Waals surface area contributed by atoms with Gasteiger partial charge >= 0.3 is 0 Å². The van der Waals surface area contributed by atoms with E-state index in [0.29, 0.717) is 5.91 Å². The van der Waals surface area contributed by atoms with Gasteiger partial charge in [0.2, 0.25) is 5.91 Å². The zero-order valence-corrected chi connectivity index (χ0v) is 8.35. The second kappa shape index (κ2) is 4.31. The fraction of sp³-hybridized carbons (Fsp3) is 0.545. The van der Waals surface area contributed by atoms with Crippen molar-refractivity contribution in [3.8, 4) is 0 Å². The Labute approximate surface area is 84.3 Å². The van der Waals surface area contributed by atoms with Crippen LogP contribution < -0.4 is 0 Å². The molecule has 3 nitrogen and oxygen atoms in total. The van der Waals surface area contributed by atoms with Crippen LogP contribution >= 0.6 is 0 Å². The number of hydrogen-bond acceptors (Lipinski definition) is 1. The molecule has 76 valence electrons. The molecule has 0 atom stereocenters. The summed E-state index contributed by atoms with van der Waals surface area (Å²) in [6, 6.07) is 4.06. The molecule has 1 aliphatic rings. The van der Waals surface area contributed by atoms with E-state index in [-0.39, 0.29) is 0 Å². The van der Waals surface area contributed by atoms with E-state index in [2.05, 4.69) is 17.0 Å². The van der Waals surface area contributed by atoms with Crippen LogP contribution in [0.3, 0.4) is 0 Å². The average molecular weight is 192 g/mol. The van der Waals surface area contributed by atoms with Crippen molar-refractivity contribution in [2.75, 3.05) is 13.1 Å². The Hall–Kier alpha value is -1.25. The van der Waals surface area contributed by atoms with Crippen LogP contribution in [0.5, 0.6) is 0 Å². The van der Waals surface area contributed by atoms with Crippen LogP contribution in [0.15, 0.2) is 24.5 Å². The molecule has 0 N–H and O–H groups in total. The molecule has 0 saturated carbocycles. The Morgan fingerprint density at radius 1 is 1.21 bits per heavy atom. The van der Waals surface area contributed by atoms with Gasteiger partial charge in [-0.25, -0.2) is 0 Å². The second-order valence-electron chi connectivity index (χ2n) is 3.76. The summed E-state index contributed by atoms with van der Waals surface area (Å²) in [5, 5.41) is 0. The maximum atomic E-state index is 11.3. The van der Waals surface area contributed by atoms with Crippen molar-refractivity contribution in [3.63, 3.8) is 0 Å². The van der Waals surface area contributed by atoms with E-state index in [1.165, 1.54) is 0 Å². The van der Waals surface area contributed by atoms with Crippen molar-refractivity contribution >= 4 is 5.91 Å². The predicted molar refractivity (Wildman–Crippen MR) is 54.9 cm³/mol. The topological polar surface area (TPSA) is 25.2 Å². The molecule has 3 heteroatoms. The highest BCUT2D eigenvalue weighted by Gasteiger charge is 2.18. The lowest BCUT2D eigenvalue weighted by Crippen LogP contribution is -2.26. The summed E-state index contributed by atoms with van der Waals surface area (Å²) in [6.07, 6.45) is 6.98. The molecule has 0 aromatic carbocycles. The first-order valence-electron chi connectivity index (χ1n) is 5.25. The lowest BCUT2D eigenvalue weighted by Gasteiger charge is -2.15. The van der Waals surface area contributed by atoms with Crippen LogP contribution in [0.4, 0.5) is 0 Å². The normalized spacial score (nSPS) is 16.6. The van der Waals surface area contributed by atoms with Gasteiger partial charge in [0.1, 0.15) is 0 Å². The molecular weight excluding hydrogens is 176 g/mol.